The number of hydrogen-bond donors (Lipinski definition) is 1. The van der Waals surface area contributed by atoms with Gasteiger partial charge in [0.25, 0.3) is 5.91 Å². The number of halogens is 1. The Hall–Kier alpha value is -2.75. The van der Waals surface area contributed by atoms with E-state index in [9.17, 15) is 4.79 Å². The molecule has 2 aromatic heterocycles. The minimum Gasteiger partial charge on any atom is -0.353 e. The predicted octanol–water partition coefficient (Wildman–Crippen LogP) is 3.49. The van der Waals surface area contributed by atoms with Gasteiger partial charge in [-0.2, -0.15) is 0 Å². The Morgan fingerprint density at radius 3 is 2.55 bits per heavy atom. The van der Waals surface area contributed by atoms with E-state index in [1.165, 1.54) is 0 Å². The molecule has 0 saturated carbocycles. The second kappa shape index (κ2) is 8.73. The molecule has 0 bridgehead atoms. The van der Waals surface area contributed by atoms with E-state index in [1.807, 2.05) is 60.4 Å². The maximum Gasteiger partial charge on any atom is 0.254 e. The molecule has 0 aliphatic carbocycles. The maximum absolute atomic E-state index is 12.8. The third-order valence-electron chi connectivity index (χ3n) is 4.71. The van der Waals surface area contributed by atoms with E-state index in [2.05, 4.69) is 47.8 Å². The van der Waals surface area contributed by atoms with Gasteiger partial charge in [0, 0.05) is 47.6 Å². The molecule has 1 fully saturated rings. The van der Waals surface area contributed by atoms with Gasteiger partial charge in [-0.1, -0.05) is 12.1 Å². The van der Waals surface area contributed by atoms with Gasteiger partial charge in [-0.05, 0) is 59.8 Å². The molecule has 1 aliphatic heterocycles. The third-order valence-corrected chi connectivity index (χ3v) is 5.38. The highest BCUT2D eigenvalue weighted by Gasteiger charge is 2.23. The minimum atomic E-state index is 0.0829. The zero-order valence-corrected chi connectivity index (χ0v) is 18.2. The molecule has 1 aliphatic rings. The Morgan fingerprint density at radius 1 is 1.00 bits per heavy atom. The Bertz CT molecular complexity index is 1010. The van der Waals surface area contributed by atoms with E-state index in [0.29, 0.717) is 24.7 Å². The van der Waals surface area contributed by atoms with Crippen LogP contribution in [0.2, 0.25) is 0 Å². The molecular formula is C21H21IN6O. The Balaban J connectivity index is 1.43. The smallest absolute Gasteiger partial charge is 0.254 e. The van der Waals surface area contributed by atoms with E-state index in [1.54, 1.807) is 6.20 Å². The maximum atomic E-state index is 12.8. The molecule has 3 heterocycles. The lowest BCUT2D eigenvalue weighted by molar-refractivity contribution is 0.0746. The molecule has 4 rings (SSSR count). The fourth-order valence-electron chi connectivity index (χ4n) is 3.29. The molecule has 0 spiro atoms. The molecule has 0 unspecified atom stereocenters. The molecule has 7 nitrogen and oxygen atoms in total. The summed E-state index contributed by atoms with van der Waals surface area (Å²) >= 11 is 2.23. The average molecular weight is 500 g/mol. The molecule has 8 heteroatoms. The average Bonchev–Trinajstić information content (AvgIpc) is 2.74. The first kappa shape index (κ1) is 19.6. The highest BCUT2D eigenvalue weighted by atomic mass is 127. The molecule has 0 radical (unpaired) electrons. The second-order valence-corrected chi connectivity index (χ2v) is 8.03. The van der Waals surface area contributed by atoms with E-state index < -0.39 is 0 Å². The molecule has 1 aromatic carbocycles. The van der Waals surface area contributed by atoms with Crippen LogP contribution >= 0.6 is 22.6 Å². The summed E-state index contributed by atoms with van der Waals surface area (Å²) in [7, 11) is 0. The summed E-state index contributed by atoms with van der Waals surface area (Å²) in [4.78, 5) is 30.2. The van der Waals surface area contributed by atoms with Crippen LogP contribution in [0.15, 0.2) is 54.7 Å². The first-order chi connectivity index (χ1) is 14.1. The predicted molar refractivity (Wildman–Crippen MR) is 122 cm³/mol. The molecule has 0 atom stereocenters. The molecule has 3 aromatic rings. The SMILES string of the molecule is Cc1nc(Nc2ccccn2)cc(N2CCN(C(=O)c3cccc(I)c3)CC2)n1. The number of hydrogen-bond acceptors (Lipinski definition) is 6. The number of carbonyl (C=O) groups excluding carboxylic acids is 1. The van der Waals surface area contributed by atoms with Gasteiger partial charge in [0.1, 0.15) is 23.3 Å². The molecule has 29 heavy (non-hydrogen) atoms. The zero-order valence-electron chi connectivity index (χ0n) is 16.0. The van der Waals surface area contributed by atoms with Gasteiger partial charge in [-0.15, -0.1) is 0 Å². The summed E-state index contributed by atoms with van der Waals surface area (Å²) < 4.78 is 1.07. The van der Waals surface area contributed by atoms with Gasteiger partial charge in [0.15, 0.2) is 0 Å². The number of aryl methyl sites for hydroxylation is 1. The van der Waals surface area contributed by atoms with Gasteiger partial charge >= 0.3 is 0 Å². The van der Waals surface area contributed by atoms with Crippen molar-refractivity contribution in [2.45, 2.75) is 6.92 Å². The van der Waals surface area contributed by atoms with E-state index in [4.69, 9.17) is 0 Å². The number of nitrogens with one attached hydrogen (secondary N) is 1. The van der Waals surface area contributed by atoms with Crippen molar-refractivity contribution in [3.05, 3.63) is 69.7 Å². The monoisotopic (exact) mass is 500 g/mol. The summed E-state index contributed by atoms with van der Waals surface area (Å²) in [5.41, 5.74) is 0.741. The van der Waals surface area contributed by atoms with Crippen molar-refractivity contribution in [1.29, 1.82) is 0 Å². The largest absolute Gasteiger partial charge is 0.353 e. The molecule has 148 valence electrons. The normalized spacial score (nSPS) is 14.0. The summed E-state index contributed by atoms with van der Waals surface area (Å²) in [6.07, 6.45) is 1.74. The van der Waals surface area contributed by atoms with Gasteiger partial charge in [-0.3, -0.25) is 4.79 Å². The Morgan fingerprint density at radius 2 is 1.83 bits per heavy atom. The van der Waals surface area contributed by atoms with Crippen LogP contribution in [0.3, 0.4) is 0 Å². The van der Waals surface area contributed by atoms with Crippen LogP contribution in [0, 0.1) is 10.5 Å². The van der Waals surface area contributed by atoms with E-state index >= 15 is 0 Å². The van der Waals surface area contributed by atoms with E-state index in [-0.39, 0.29) is 5.91 Å². The number of carbonyl (C=O) groups is 1. The van der Waals surface area contributed by atoms with Crippen LogP contribution in [0.1, 0.15) is 16.2 Å². The second-order valence-electron chi connectivity index (χ2n) is 6.79. The lowest BCUT2D eigenvalue weighted by Gasteiger charge is -2.35. The van der Waals surface area contributed by atoms with Crippen molar-refractivity contribution in [2.75, 3.05) is 36.4 Å². The van der Waals surface area contributed by atoms with Crippen LogP contribution in [-0.2, 0) is 0 Å². The van der Waals surface area contributed by atoms with Crippen molar-refractivity contribution in [3.63, 3.8) is 0 Å². The summed E-state index contributed by atoms with van der Waals surface area (Å²) in [6, 6.07) is 15.3. The van der Waals surface area contributed by atoms with Crippen molar-refractivity contribution in [1.82, 2.24) is 19.9 Å². The quantitative estimate of drug-likeness (QED) is 0.553. The number of pyridine rings is 1. The number of anilines is 3. The molecular weight excluding hydrogens is 479 g/mol. The summed E-state index contributed by atoms with van der Waals surface area (Å²) in [5.74, 6) is 3.09. The standard InChI is InChI=1S/C21H21IN6O/c1-15-24-19(26-18-7-2-3-8-23-18)14-20(25-15)27-9-11-28(12-10-27)21(29)16-5-4-6-17(22)13-16/h2-8,13-14H,9-12H2,1H3,(H,23,24,25,26). The lowest BCUT2D eigenvalue weighted by atomic mass is 10.2. The summed E-state index contributed by atoms with van der Waals surface area (Å²) in [5, 5.41) is 3.22. The van der Waals surface area contributed by atoms with Gasteiger partial charge in [0.05, 0.1) is 0 Å². The highest BCUT2D eigenvalue weighted by molar-refractivity contribution is 14.1. The van der Waals surface area contributed by atoms with Crippen LogP contribution < -0.4 is 10.2 Å². The number of nitrogens with zero attached hydrogens (tertiary/aromatic N) is 5. The number of piperazine rings is 1. The van der Waals surface area contributed by atoms with Gasteiger partial charge < -0.3 is 15.1 Å². The number of benzene rings is 1. The van der Waals surface area contributed by atoms with Crippen LogP contribution in [0.25, 0.3) is 0 Å². The van der Waals surface area contributed by atoms with E-state index in [0.717, 1.165) is 33.9 Å². The minimum absolute atomic E-state index is 0.0829. The third kappa shape index (κ3) is 4.81. The first-order valence-corrected chi connectivity index (χ1v) is 10.5. The fourth-order valence-corrected chi connectivity index (χ4v) is 3.83. The molecule has 1 N–H and O–H groups in total. The van der Waals surface area contributed by atoms with Crippen LogP contribution in [0.4, 0.5) is 17.5 Å². The topological polar surface area (TPSA) is 74.2 Å². The number of rotatable bonds is 4. The van der Waals surface area contributed by atoms with Gasteiger partial charge in [-0.25, -0.2) is 15.0 Å². The van der Waals surface area contributed by atoms with Gasteiger partial charge in [0.2, 0.25) is 0 Å². The van der Waals surface area contributed by atoms with Crippen molar-refractivity contribution < 1.29 is 4.79 Å². The zero-order chi connectivity index (χ0) is 20.2. The highest BCUT2D eigenvalue weighted by Crippen LogP contribution is 2.21. The van der Waals surface area contributed by atoms with Crippen LogP contribution in [-0.4, -0.2) is 51.9 Å². The number of aromatic nitrogens is 3. The van der Waals surface area contributed by atoms with Crippen molar-refractivity contribution >= 4 is 46.0 Å². The fraction of sp³-hybridized carbons (Fsp3) is 0.238. The van der Waals surface area contributed by atoms with Crippen molar-refractivity contribution in [3.8, 4) is 0 Å². The molecule has 1 saturated heterocycles. The Labute approximate surface area is 183 Å². The van der Waals surface area contributed by atoms with Crippen molar-refractivity contribution in [2.24, 2.45) is 0 Å². The summed E-state index contributed by atoms with van der Waals surface area (Å²) in [6.45, 7) is 4.67. The first-order valence-electron chi connectivity index (χ1n) is 9.42. The number of amides is 1. The molecule has 1 amide bonds. The Kier molecular flexibility index (Phi) is 5.89. The lowest BCUT2D eigenvalue weighted by Crippen LogP contribution is -2.49. The van der Waals surface area contributed by atoms with Crippen LogP contribution in [0.5, 0.6) is 0 Å².